The summed E-state index contributed by atoms with van der Waals surface area (Å²) in [5, 5.41) is 0.814. The van der Waals surface area contributed by atoms with Gasteiger partial charge in [0.2, 0.25) is 0 Å². The molecule has 60 heavy (non-hydrogen) atoms. The van der Waals surface area contributed by atoms with Crippen molar-refractivity contribution in [2.24, 2.45) is 0 Å². The van der Waals surface area contributed by atoms with Crippen molar-refractivity contribution in [2.45, 2.75) is 48.4 Å². The van der Waals surface area contributed by atoms with E-state index in [1.807, 2.05) is 177 Å². The van der Waals surface area contributed by atoms with E-state index in [1.54, 1.807) is 19.7 Å². The molecule has 318 valence electrons. The van der Waals surface area contributed by atoms with Crippen molar-refractivity contribution < 1.29 is 0 Å². The third kappa shape index (κ3) is 23.2. The van der Waals surface area contributed by atoms with Crippen LogP contribution in [0, 0.1) is 13.8 Å². The maximum Gasteiger partial charge on any atom is 0.0409 e. The topological polar surface area (TPSA) is 78.1 Å². The smallest absolute Gasteiger partial charge is 0.0409 e. The van der Waals surface area contributed by atoms with Gasteiger partial charge in [-0.3, -0.25) is 0 Å². The molecule has 0 aliphatic rings. The number of para-hydroxylation sites is 2. The fraction of sp³-hybridized carbons (Fsp3) is 0.182. The molecule has 16 heteroatoms. The molecule has 0 atom stereocenters. The number of rotatable bonds is 21. The van der Waals surface area contributed by atoms with Crippen molar-refractivity contribution in [1.29, 1.82) is 0 Å². The molecule has 0 saturated heterocycles. The molecule has 0 spiro atoms. The summed E-state index contributed by atoms with van der Waals surface area (Å²) in [5.74, 6) is 5.95. The first-order valence-electron chi connectivity index (χ1n) is 18.3. The zero-order valence-corrected chi connectivity index (χ0v) is 43.7. The number of hydrogen-bond acceptors (Lipinski definition) is 15. The minimum Gasteiger partial charge on any atom is -0.399 e. The van der Waals surface area contributed by atoms with Crippen LogP contribution in [0.2, 0.25) is 5.02 Å². The maximum absolute atomic E-state index is 5.96. The minimum atomic E-state index is 0.814. The lowest BCUT2D eigenvalue weighted by Gasteiger charge is -2.05. The Balaban J connectivity index is 0.000000198. The zero-order chi connectivity index (χ0) is 42.6. The van der Waals surface area contributed by atoms with Gasteiger partial charge in [0.05, 0.1) is 0 Å². The van der Waals surface area contributed by atoms with Crippen LogP contribution >= 0.6 is 135 Å². The van der Waals surface area contributed by atoms with E-state index in [2.05, 4.69) is 86.6 Å². The quantitative estimate of drug-likeness (QED) is 0.0363. The first kappa shape index (κ1) is 51.8. The lowest BCUT2D eigenvalue weighted by molar-refractivity contribution is 1.36. The number of nitrogen functional groups attached to an aromatic ring is 3. The first-order chi connectivity index (χ1) is 29.2. The molecule has 0 unspecified atom stereocenters. The minimum absolute atomic E-state index is 0.814. The molecule has 0 aromatic heterocycles. The van der Waals surface area contributed by atoms with Crippen LogP contribution in [-0.2, 0) is 34.5 Å². The van der Waals surface area contributed by atoms with Crippen LogP contribution in [0.3, 0.4) is 0 Å². The summed E-state index contributed by atoms with van der Waals surface area (Å²) in [4.78, 5) is 0. The Morgan fingerprint density at radius 2 is 0.717 bits per heavy atom. The van der Waals surface area contributed by atoms with E-state index < -0.39 is 0 Å². The van der Waals surface area contributed by atoms with E-state index in [4.69, 9.17) is 28.8 Å². The first-order valence-corrected chi connectivity index (χ1v) is 34.2. The van der Waals surface area contributed by atoms with Gasteiger partial charge in [-0.05, 0) is 143 Å². The van der Waals surface area contributed by atoms with Gasteiger partial charge in [-0.15, -0.1) is 0 Å². The highest BCUT2D eigenvalue weighted by molar-refractivity contribution is 9.26. The van der Waals surface area contributed by atoms with Crippen molar-refractivity contribution in [1.82, 2.24) is 0 Å². The maximum atomic E-state index is 5.96. The number of hydrogen-bond donors (Lipinski definition) is 3. The molecule has 0 fully saturated rings. The SMILES string of the molecule is Cc1cccc(CSSSSCc2cccc(Cl)c2)c1.Cc1cccc(CSSSSCc2cccc(N)c2)c1.Nc1ccccc1CSSSSCc1ccccc1N. The summed E-state index contributed by atoms with van der Waals surface area (Å²) in [5.41, 5.74) is 30.6. The number of benzene rings is 6. The van der Waals surface area contributed by atoms with E-state index in [1.165, 1.54) is 44.5 Å². The molecule has 6 aromatic rings. The van der Waals surface area contributed by atoms with Crippen LogP contribution in [0.15, 0.2) is 146 Å². The predicted molar refractivity (Wildman–Crippen MR) is 300 cm³/mol. The lowest BCUT2D eigenvalue weighted by Crippen LogP contribution is -1.90. The third-order valence-electron chi connectivity index (χ3n) is 7.82. The number of halogens is 1. The van der Waals surface area contributed by atoms with E-state index in [0.29, 0.717) is 0 Å². The monoisotopic (exact) mass is 1040 g/mol. The molecule has 0 saturated carbocycles. The molecule has 6 N–H and O–H groups in total. The number of anilines is 3. The van der Waals surface area contributed by atoms with E-state index in [-0.39, 0.29) is 0 Å². The highest BCUT2D eigenvalue weighted by atomic mass is 35.5. The second kappa shape index (κ2) is 32.0. The molecular weight excluding hydrogens is 991 g/mol. The van der Waals surface area contributed by atoms with E-state index in [9.17, 15) is 0 Å². The predicted octanol–water partition coefficient (Wildman–Crippen LogP) is 18.2. The van der Waals surface area contributed by atoms with E-state index >= 15 is 0 Å². The molecule has 0 aliphatic carbocycles. The second-order valence-electron chi connectivity index (χ2n) is 12.7. The Hall–Kier alpha value is -0.790. The Bertz CT molecular complexity index is 1860. The van der Waals surface area contributed by atoms with Gasteiger partial charge >= 0.3 is 0 Å². The van der Waals surface area contributed by atoms with Gasteiger partial charge in [-0.25, -0.2) is 0 Å². The summed E-state index contributed by atoms with van der Waals surface area (Å²) < 4.78 is 0. The van der Waals surface area contributed by atoms with Crippen molar-refractivity contribution in [2.75, 3.05) is 17.2 Å². The standard InChI is InChI=1S/C15H15ClS4.C15H17NS4.C14H16N2S4/c2*1-12-4-2-5-13(8-12)10-17-19-20-18-11-14-6-3-7-15(16)9-14;15-13-7-3-1-5-11(13)9-17-19-20-18-10-12-6-2-4-8-14(12)16/h2-9H,10-11H2,1H3;2-9H,10-11,16H2,1H3;1-8H,9-10,15-16H2. The average molecular weight is 1040 g/mol. The summed E-state index contributed by atoms with van der Waals surface area (Å²) in [6.07, 6.45) is 0. The van der Waals surface area contributed by atoms with Gasteiger partial charge in [0.1, 0.15) is 0 Å². The normalized spacial score (nSPS) is 10.7. The van der Waals surface area contributed by atoms with Gasteiger partial charge < -0.3 is 17.2 Å². The number of nitrogens with two attached hydrogens (primary N) is 3. The Labute approximate surface area is 408 Å². The zero-order valence-electron chi connectivity index (χ0n) is 33.1. The fourth-order valence-electron chi connectivity index (χ4n) is 4.91. The van der Waals surface area contributed by atoms with Crippen LogP contribution in [0.4, 0.5) is 17.1 Å². The summed E-state index contributed by atoms with van der Waals surface area (Å²) >= 11 is 5.96. The Kier molecular flexibility index (Phi) is 27.6. The van der Waals surface area contributed by atoms with Crippen LogP contribution in [0.1, 0.15) is 44.5 Å². The fourth-order valence-corrected chi connectivity index (χ4v) is 22.7. The third-order valence-corrected chi connectivity index (χ3v) is 27.0. The molecule has 6 rings (SSSR count). The Morgan fingerprint density at radius 3 is 1.10 bits per heavy atom. The summed E-state index contributed by atoms with van der Waals surface area (Å²) in [7, 11) is 22.0. The van der Waals surface area contributed by atoms with Crippen molar-refractivity contribution in [3.63, 3.8) is 0 Å². The second-order valence-corrected chi connectivity index (χ2v) is 31.2. The summed E-state index contributed by atoms with van der Waals surface area (Å²) in [6, 6.07) is 49.5. The number of aryl methyl sites for hydroxylation is 2. The Morgan fingerprint density at radius 1 is 0.367 bits per heavy atom. The molecule has 0 bridgehead atoms. The molecule has 3 nitrogen and oxygen atoms in total. The van der Waals surface area contributed by atoms with Gasteiger partial charge in [0.25, 0.3) is 0 Å². The molecule has 0 amide bonds. The van der Waals surface area contributed by atoms with Crippen molar-refractivity contribution >= 4 is 152 Å². The lowest BCUT2D eigenvalue weighted by atomic mass is 10.2. The van der Waals surface area contributed by atoms with E-state index in [0.717, 1.165) is 56.6 Å². The molecular formula is C44H48ClN3S12. The van der Waals surface area contributed by atoms with Crippen LogP contribution in [0.25, 0.3) is 0 Å². The summed E-state index contributed by atoms with van der Waals surface area (Å²) in [6.45, 7) is 4.27. The van der Waals surface area contributed by atoms with Gasteiger partial charge in [0, 0.05) is 56.6 Å². The average Bonchev–Trinajstić information content (AvgIpc) is 3.24. The molecule has 0 heterocycles. The highest BCUT2D eigenvalue weighted by Gasteiger charge is 2.03. The van der Waals surface area contributed by atoms with Gasteiger partial charge in [-0.2, -0.15) is 0 Å². The molecule has 6 aromatic carbocycles. The largest absolute Gasteiger partial charge is 0.399 e. The molecule has 0 radical (unpaired) electrons. The van der Waals surface area contributed by atoms with Crippen LogP contribution in [0.5, 0.6) is 0 Å². The van der Waals surface area contributed by atoms with Crippen molar-refractivity contribution in [3.05, 3.63) is 195 Å². The van der Waals surface area contributed by atoms with Crippen LogP contribution < -0.4 is 17.2 Å². The van der Waals surface area contributed by atoms with Crippen LogP contribution in [-0.4, -0.2) is 0 Å². The van der Waals surface area contributed by atoms with Gasteiger partial charge in [0.15, 0.2) is 0 Å². The highest BCUT2D eigenvalue weighted by Crippen LogP contribution is 2.47. The van der Waals surface area contributed by atoms with Crippen molar-refractivity contribution in [3.8, 4) is 0 Å². The molecule has 0 aliphatic heterocycles. The van der Waals surface area contributed by atoms with Gasteiger partial charge in [-0.1, -0.05) is 197 Å².